The second kappa shape index (κ2) is 5.05. The summed E-state index contributed by atoms with van der Waals surface area (Å²) in [5.41, 5.74) is 1.15. The first-order valence-electron chi connectivity index (χ1n) is 5.65. The van der Waals surface area contributed by atoms with Gasteiger partial charge in [0.15, 0.2) is 0 Å². The quantitative estimate of drug-likeness (QED) is 0.847. The average Bonchev–Trinajstić information content (AvgIpc) is 2.65. The van der Waals surface area contributed by atoms with E-state index in [4.69, 9.17) is 0 Å². The van der Waals surface area contributed by atoms with Gasteiger partial charge >= 0.3 is 0 Å². The number of hydrogen-bond donors (Lipinski definition) is 1. The molecule has 2 rings (SSSR count). The van der Waals surface area contributed by atoms with Gasteiger partial charge in [0, 0.05) is 36.8 Å². The molecule has 0 bridgehead atoms. The number of nitrogens with zero attached hydrogens (tertiary/aromatic N) is 2. The zero-order valence-electron chi connectivity index (χ0n) is 9.49. The van der Waals surface area contributed by atoms with E-state index in [0.717, 1.165) is 31.9 Å². The summed E-state index contributed by atoms with van der Waals surface area (Å²) >= 11 is 1.78. The molecule has 0 aromatic carbocycles. The van der Waals surface area contributed by atoms with Crippen LogP contribution < -0.4 is 5.32 Å². The van der Waals surface area contributed by atoms with Crippen LogP contribution in [0.4, 0.5) is 0 Å². The van der Waals surface area contributed by atoms with Gasteiger partial charge in [0.2, 0.25) is 0 Å². The number of nitrogens with one attached hydrogen (secondary N) is 1. The molecule has 0 aliphatic carbocycles. The fraction of sp³-hybridized carbons (Fsp3) is 0.727. The summed E-state index contributed by atoms with van der Waals surface area (Å²) < 4.78 is 0. The molecular weight excluding hydrogens is 206 g/mol. The lowest BCUT2D eigenvalue weighted by Crippen LogP contribution is -2.50. The standard InChI is InChI=1S/C11H19N3S/c1-3-10-6-12-4-5-14(10)7-11-13-9(2)8-15-11/h8,10,12H,3-7H2,1-2H3. The van der Waals surface area contributed by atoms with Crippen LogP contribution in [0.5, 0.6) is 0 Å². The minimum absolute atomic E-state index is 0.683. The van der Waals surface area contributed by atoms with Gasteiger partial charge in [0.1, 0.15) is 5.01 Å². The summed E-state index contributed by atoms with van der Waals surface area (Å²) in [6.45, 7) is 8.74. The molecule has 1 fully saturated rings. The summed E-state index contributed by atoms with van der Waals surface area (Å²) in [6, 6.07) is 0.683. The van der Waals surface area contributed by atoms with E-state index in [-0.39, 0.29) is 0 Å². The molecule has 1 aliphatic rings. The summed E-state index contributed by atoms with van der Waals surface area (Å²) in [4.78, 5) is 7.08. The highest BCUT2D eigenvalue weighted by atomic mass is 32.1. The predicted octanol–water partition coefficient (Wildman–Crippen LogP) is 1.64. The molecule has 1 aliphatic heterocycles. The third-order valence-electron chi connectivity index (χ3n) is 2.95. The van der Waals surface area contributed by atoms with E-state index in [1.54, 1.807) is 11.3 Å². The van der Waals surface area contributed by atoms with Gasteiger partial charge in [-0.25, -0.2) is 4.98 Å². The number of piperazine rings is 1. The highest BCUT2D eigenvalue weighted by Crippen LogP contribution is 2.15. The zero-order chi connectivity index (χ0) is 10.7. The van der Waals surface area contributed by atoms with E-state index >= 15 is 0 Å². The molecular formula is C11H19N3S. The lowest BCUT2D eigenvalue weighted by atomic mass is 10.1. The van der Waals surface area contributed by atoms with Crippen molar-refractivity contribution in [1.29, 1.82) is 0 Å². The number of aryl methyl sites for hydroxylation is 1. The maximum Gasteiger partial charge on any atom is 0.107 e. The Balaban J connectivity index is 1.97. The Kier molecular flexibility index (Phi) is 3.72. The van der Waals surface area contributed by atoms with E-state index in [2.05, 4.69) is 34.4 Å². The van der Waals surface area contributed by atoms with Crippen molar-refractivity contribution in [3.63, 3.8) is 0 Å². The van der Waals surface area contributed by atoms with Crippen LogP contribution in [0.1, 0.15) is 24.0 Å². The SMILES string of the molecule is CCC1CNCCN1Cc1nc(C)cs1. The molecule has 1 aromatic rings. The first-order valence-corrected chi connectivity index (χ1v) is 6.53. The maximum absolute atomic E-state index is 4.53. The smallest absolute Gasteiger partial charge is 0.107 e. The van der Waals surface area contributed by atoms with Crippen LogP contribution >= 0.6 is 11.3 Å². The van der Waals surface area contributed by atoms with Crippen molar-refractivity contribution in [2.75, 3.05) is 19.6 Å². The van der Waals surface area contributed by atoms with E-state index in [9.17, 15) is 0 Å². The monoisotopic (exact) mass is 225 g/mol. The second-order valence-corrected chi connectivity index (χ2v) is 5.06. The minimum Gasteiger partial charge on any atom is -0.314 e. The fourth-order valence-corrected chi connectivity index (χ4v) is 2.86. The molecule has 1 N–H and O–H groups in total. The summed E-state index contributed by atoms with van der Waals surface area (Å²) in [5.74, 6) is 0. The topological polar surface area (TPSA) is 28.2 Å². The molecule has 1 saturated heterocycles. The number of rotatable bonds is 3. The summed E-state index contributed by atoms with van der Waals surface area (Å²) in [7, 11) is 0. The lowest BCUT2D eigenvalue weighted by Gasteiger charge is -2.35. The number of thiazole rings is 1. The third-order valence-corrected chi connectivity index (χ3v) is 3.90. The fourth-order valence-electron chi connectivity index (χ4n) is 2.06. The second-order valence-electron chi connectivity index (χ2n) is 4.12. The molecule has 3 nitrogen and oxygen atoms in total. The molecule has 0 spiro atoms. The van der Waals surface area contributed by atoms with Crippen LogP contribution in [0.15, 0.2) is 5.38 Å². The van der Waals surface area contributed by atoms with Crippen LogP contribution in [-0.2, 0) is 6.54 Å². The normalized spacial score (nSPS) is 23.2. The van der Waals surface area contributed by atoms with Crippen LogP contribution in [0, 0.1) is 6.92 Å². The van der Waals surface area contributed by atoms with Gasteiger partial charge in [-0.1, -0.05) is 6.92 Å². The Hall–Kier alpha value is -0.450. The first kappa shape index (κ1) is 11.0. The van der Waals surface area contributed by atoms with Crippen molar-refractivity contribution in [2.45, 2.75) is 32.9 Å². The minimum atomic E-state index is 0.683. The Bertz CT molecular complexity index is 311. The van der Waals surface area contributed by atoms with Gasteiger partial charge in [-0.05, 0) is 13.3 Å². The van der Waals surface area contributed by atoms with E-state index in [1.165, 1.54) is 11.4 Å². The zero-order valence-corrected chi connectivity index (χ0v) is 10.3. The molecule has 1 atom stereocenters. The van der Waals surface area contributed by atoms with E-state index in [0.29, 0.717) is 6.04 Å². The van der Waals surface area contributed by atoms with Crippen LogP contribution in [0.2, 0.25) is 0 Å². The Morgan fingerprint density at radius 3 is 3.20 bits per heavy atom. The van der Waals surface area contributed by atoms with Gasteiger partial charge in [-0.15, -0.1) is 11.3 Å². The van der Waals surface area contributed by atoms with Crippen molar-refractivity contribution >= 4 is 11.3 Å². The van der Waals surface area contributed by atoms with Crippen molar-refractivity contribution in [1.82, 2.24) is 15.2 Å². The Labute approximate surface area is 95.5 Å². The molecule has 4 heteroatoms. The van der Waals surface area contributed by atoms with Gasteiger partial charge < -0.3 is 5.32 Å². The van der Waals surface area contributed by atoms with Crippen LogP contribution in [-0.4, -0.2) is 35.6 Å². The maximum atomic E-state index is 4.53. The van der Waals surface area contributed by atoms with Crippen LogP contribution in [0.25, 0.3) is 0 Å². The number of aromatic nitrogens is 1. The van der Waals surface area contributed by atoms with Crippen molar-refractivity contribution < 1.29 is 0 Å². The molecule has 0 amide bonds. The summed E-state index contributed by atoms with van der Waals surface area (Å²) in [6.07, 6.45) is 1.22. The van der Waals surface area contributed by atoms with Gasteiger partial charge in [0.05, 0.1) is 6.54 Å². The molecule has 0 saturated carbocycles. The lowest BCUT2D eigenvalue weighted by molar-refractivity contribution is 0.149. The molecule has 1 aromatic heterocycles. The van der Waals surface area contributed by atoms with Gasteiger partial charge in [-0.2, -0.15) is 0 Å². The molecule has 84 valence electrons. The van der Waals surface area contributed by atoms with Gasteiger partial charge in [-0.3, -0.25) is 4.90 Å². The van der Waals surface area contributed by atoms with Crippen LogP contribution in [0.3, 0.4) is 0 Å². The highest BCUT2D eigenvalue weighted by Gasteiger charge is 2.21. The number of hydrogen-bond acceptors (Lipinski definition) is 4. The molecule has 15 heavy (non-hydrogen) atoms. The largest absolute Gasteiger partial charge is 0.314 e. The van der Waals surface area contributed by atoms with Crippen molar-refractivity contribution in [3.05, 3.63) is 16.1 Å². The van der Waals surface area contributed by atoms with E-state index in [1.807, 2.05) is 0 Å². The molecule has 2 heterocycles. The Morgan fingerprint density at radius 2 is 2.53 bits per heavy atom. The van der Waals surface area contributed by atoms with E-state index < -0.39 is 0 Å². The highest BCUT2D eigenvalue weighted by molar-refractivity contribution is 7.09. The van der Waals surface area contributed by atoms with Crippen molar-refractivity contribution in [3.8, 4) is 0 Å². The molecule has 0 radical (unpaired) electrons. The summed E-state index contributed by atoms with van der Waals surface area (Å²) in [5, 5.41) is 6.84. The van der Waals surface area contributed by atoms with Gasteiger partial charge in [0.25, 0.3) is 0 Å². The Morgan fingerprint density at radius 1 is 1.67 bits per heavy atom. The van der Waals surface area contributed by atoms with Crippen molar-refractivity contribution in [2.24, 2.45) is 0 Å². The first-order chi connectivity index (χ1) is 7.29. The third kappa shape index (κ3) is 2.77. The molecule has 1 unspecified atom stereocenters. The predicted molar refractivity (Wildman–Crippen MR) is 64.2 cm³/mol. The average molecular weight is 225 g/mol.